The van der Waals surface area contributed by atoms with Gasteiger partial charge in [-0.1, -0.05) is 31.6 Å². The quantitative estimate of drug-likeness (QED) is 0.272. The molecule has 1 aliphatic carbocycles. The monoisotopic (exact) mass is 781 g/mol. The number of ether oxygens (including phenoxy) is 1. The van der Waals surface area contributed by atoms with Gasteiger partial charge in [-0.25, -0.2) is 17.6 Å². The number of alkyl carbamates (subject to hydrolysis) is 1. The molecule has 4 aliphatic rings. The van der Waals surface area contributed by atoms with Gasteiger partial charge in [-0.2, -0.15) is 0 Å². The number of methoxy groups -OCH3 is 1. The van der Waals surface area contributed by atoms with Crippen LogP contribution in [-0.4, -0.2) is 118 Å². The lowest BCUT2D eigenvalue weighted by molar-refractivity contribution is -0.126. The van der Waals surface area contributed by atoms with Gasteiger partial charge in [-0.3, -0.25) is 9.59 Å². The standard InChI is InChI=1S/C41H56FN5O7S/c1-4-38(49)46-20-6-5-11-35(24-46)55(52,53)34-16-14-33(15-17-34)47-27-40(51,28-47)26-45-21-18-30(19-22-45)41(25-43-29(2)48,31-9-7-10-32(42)23-31)36-12-8-13-37(36)44-39(50)54-3/h4,7,9-10,14-17,23,30,35-37,51H,1,5-6,8,11-13,18-22,24-28H2,2-3H3,(H,43,48)(H,44,50)/t35-,36-,37-,41-/m0/s1. The van der Waals surface area contributed by atoms with Crippen molar-refractivity contribution in [1.82, 2.24) is 20.4 Å². The number of nitrogens with one attached hydrogen (secondary N) is 2. The van der Waals surface area contributed by atoms with Crippen LogP contribution in [0, 0.1) is 17.7 Å². The van der Waals surface area contributed by atoms with Crippen molar-refractivity contribution >= 4 is 33.4 Å². The Kier molecular flexibility index (Phi) is 12.6. The fraction of sp³-hybridized carbons (Fsp3) is 0.585. The summed E-state index contributed by atoms with van der Waals surface area (Å²) in [6, 6.07) is 13.3. The summed E-state index contributed by atoms with van der Waals surface area (Å²) in [7, 11) is -2.32. The van der Waals surface area contributed by atoms with Crippen LogP contribution in [-0.2, 0) is 29.6 Å². The third-order valence-electron chi connectivity index (χ3n) is 12.5. The van der Waals surface area contributed by atoms with Crippen molar-refractivity contribution in [1.29, 1.82) is 0 Å². The Hall–Kier alpha value is -4.01. The topological polar surface area (TPSA) is 149 Å². The van der Waals surface area contributed by atoms with E-state index in [1.165, 1.54) is 26.2 Å². The van der Waals surface area contributed by atoms with Gasteiger partial charge in [0.05, 0.1) is 17.3 Å². The summed E-state index contributed by atoms with van der Waals surface area (Å²) in [5.74, 6) is -0.773. The van der Waals surface area contributed by atoms with E-state index in [1.807, 2.05) is 11.0 Å². The van der Waals surface area contributed by atoms with Gasteiger partial charge in [0, 0.05) is 63.3 Å². The van der Waals surface area contributed by atoms with E-state index >= 15 is 0 Å². The van der Waals surface area contributed by atoms with Crippen LogP contribution >= 0.6 is 0 Å². The summed E-state index contributed by atoms with van der Waals surface area (Å²) in [4.78, 5) is 43.2. The van der Waals surface area contributed by atoms with Crippen molar-refractivity contribution in [3.05, 3.63) is 72.6 Å². The zero-order valence-corrected chi connectivity index (χ0v) is 32.9. The number of rotatable bonds is 12. The van der Waals surface area contributed by atoms with Crippen LogP contribution in [0.25, 0.3) is 0 Å². The highest BCUT2D eigenvalue weighted by Gasteiger charge is 2.53. The molecule has 0 radical (unpaired) electrons. The molecular weight excluding hydrogens is 726 g/mol. The number of carbonyl (C=O) groups is 3. The number of sulfone groups is 1. The molecule has 4 atom stereocenters. The Morgan fingerprint density at radius 3 is 2.40 bits per heavy atom. The van der Waals surface area contributed by atoms with Crippen molar-refractivity contribution in [3.63, 3.8) is 0 Å². The average Bonchev–Trinajstić information content (AvgIpc) is 3.47. The van der Waals surface area contributed by atoms with Gasteiger partial charge in [0.1, 0.15) is 11.4 Å². The molecule has 0 unspecified atom stereocenters. The van der Waals surface area contributed by atoms with Crippen LogP contribution in [0.3, 0.4) is 0 Å². The number of halogens is 1. The number of benzene rings is 2. The number of anilines is 1. The third-order valence-corrected chi connectivity index (χ3v) is 14.7. The Bertz CT molecular complexity index is 1810. The van der Waals surface area contributed by atoms with Crippen molar-refractivity contribution < 1.29 is 37.0 Å². The molecule has 0 spiro atoms. The first-order chi connectivity index (χ1) is 26.3. The number of likely N-dealkylation sites (tertiary alicyclic amines) is 2. The minimum Gasteiger partial charge on any atom is -0.453 e. The molecule has 3 N–H and O–H groups in total. The van der Waals surface area contributed by atoms with Crippen LogP contribution in [0.5, 0.6) is 0 Å². The van der Waals surface area contributed by atoms with E-state index in [0.717, 1.165) is 56.2 Å². The first kappa shape index (κ1) is 40.6. The van der Waals surface area contributed by atoms with E-state index < -0.39 is 32.2 Å². The van der Waals surface area contributed by atoms with E-state index in [9.17, 15) is 32.3 Å². The number of hydrogen-bond donors (Lipinski definition) is 3. The number of carbonyl (C=O) groups excluding carboxylic acids is 3. The Morgan fingerprint density at radius 2 is 1.75 bits per heavy atom. The number of piperidine rings is 1. The van der Waals surface area contributed by atoms with Gasteiger partial charge in [0.15, 0.2) is 9.84 Å². The number of nitrogens with zero attached hydrogens (tertiary/aromatic N) is 3. The van der Waals surface area contributed by atoms with Crippen molar-refractivity contribution in [2.24, 2.45) is 11.8 Å². The first-order valence-electron chi connectivity index (χ1n) is 19.6. The Morgan fingerprint density at radius 1 is 1.02 bits per heavy atom. The summed E-state index contributed by atoms with van der Waals surface area (Å²) in [6.07, 6.45) is 6.67. The van der Waals surface area contributed by atoms with Crippen LogP contribution in [0.4, 0.5) is 14.9 Å². The SMILES string of the molecule is C=CC(=O)N1CCCC[C@H](S(=O)(=O)c2ccc(N3CC(O)(CN4CCC([C@@](CNC(C)=O)(c5cccc(F)c5)[C@H]5CCC[C@@H]5NC(=O)OC)CC4)C3)cc2)C1. The maximum absolute atomic E-state index is 14.9. The predicted molar refractivity (Wildman–Crippen MR) is 208 cm³/mol. The lowest BCUT2D eigenvalue weighted by atomic mass is 9.58. The van der Waals surface area contributed by atoms with Gasteiger partial charge in [-0.05, 0) is 111 Å². The van der Waals surface area contributed by atoms with Crippen LogP contribution in [0.2, 0.25) is 0 Å². The summed E-state index contributed by atoms with van der Waals surface area (Å²) in [5, 5.41) is 17.0. The highest BCUT2D eigenvalue weighted by atomic mass is 32.2. The Balaban J connectivity index is 1.11. The number of amides is 3. The highest BCUT2D eigenvalue weighted by molar-refractivity contribution is 7.92. The van der Waals surface area contributed by atoms with Gasteiger partial charge in [0.25, 0.3) is 0 Å². The maximum atomic E-state index is 14.9. The molecule has 3 amide bonds. The molecule has 3 saturated heterocycles. The van der Waals surface area contributed by atoms with E-state index in [2.05, 4.69) is 22.1 Å². The zero-order valence-electron chi connectivity index (χ0n) is 32.1. The summed E-state index contributed by atoms with van der Waals surface area (Å²) in [5.41, 5.74) is 0.0472. The molecule has 300 valence electrons. The minimum absolute atomic E-state index is 0.0632. The second-order valence-electron chi connectivity index (χ2n) is 16.0. The molecule has 0 aromatic heterocycles. The van der Waals surface area contributed by atoms with E-state index in [-0.39, 0.29) is 46.9 Å². The average molecular weight is 782 g/mol. The van der Waals surface area contributed by atoms with E-state index in [1.54, 1.807) is 41.3 Å². The van der Waals surface area contributed by atoms with E-state index in [0.29, 0.717) is 52.2 Å². The summed E-state index contributed by atoms with van der Waals surface area (Å²) >= 11 is 0. The number of aliphatic hydroxyl groups is 1. The molecule has 1 saturated carbocycles. The summed E-state index contributed by atoms with van der Waals surface area (Å²) in [6.45, 7) is 8.71. The van der Waals surface area contributed by atoms with Crippen molar-refractivity contribution in [2.45, 2.75) is 85.5 Å². The molecule has 2 aromatic rings. The van der Waals surface area contributed by atoms with Gasteiger partial charge < -0.3 is 35.2 Å². The second-order valence-corrected chi connectivity index (χ2v) is 18.2. The third kappa shape index (κ3) is 8.86. The molecule has 3 heterocycles. The smallest absolute Gasteiger partial charge is 0.407 e. The Labute approximate surface area is 324 Å². The number of hydrogen-bond acceptors (Lipinski definition) is 9. The number of β-amino-alcohol motifs (C(OH)–C–C–N with tert-alkyl or cyclic N) is 1. The highest BCUT2D eigenvalue weighted by Crippen LogP contribution is 2.50. The lowest BCUT2D eigenvalue weighted by Crippen LogP contribution is -2.67. The second kappa shape index (κ2) is 17.0. The first-order valence-corrected chi connectivity index (χ1v) is 21.1. The van der Waals surface area contributed by atoms with Crippen LogP contribution in [0.1, 0.15) is 63.9 Å². The molecule has 55 heavy (non-hydrogen) atoms. The summed E-state index contributed by atoms with van der Waals surface area (Å²) < 4.78 is 47.1. The lowest BCUT2D eigenvalue weighted by Gasteiger charge is -2.53. The fourth-order valence-electron chi connectivity index (χ4n) is 9.83. The molecule has 0 bridgehead atoms. The van der Waals surface area contributed by atoms with Gasteiger partial charge >= 0.3 is 6.09 Å². The molecule has 14 heteroatoms. The molecule has 12 nitrogen and oxygen atoms in total. The van der Waals surface area contributed by atoms with Crippen LogP contribution < -0.4 is 15.5 Å². The normalized spacial score (nSPS) is 24.5. The van der Waals surface area contributed by atoms with Crippen LogP contribution in [0.15, 0.2) is 66.1 Å². The minimum atomic E-state index is -3.66. The fourth-order valence-corrected chi connectivity index (χ4v) is 11.6. The molecule has 3 aliphatic heterocycles. The van der Waals surface area contributed by atoms with Gasteiger partial charge in [-0.15, -0.1) is 0 Å². The molecule has 6 rings (SSSR count). The van der Waals surface area contributed by atoms with Crippen molar-refractivity contribution in [3.8, 4) is 0 Å². The maximum Gasteiger partial charge on any atom is 0.407 e. The molecular formula is C41H56FN5O7S. The van der Waals surface area contributed by atoms with Gasteiger partial charge in [0.2, 0.25) is 11.8 Å². The van der Waals surface area contributed by atoms with Crippen molar-refractivity contribution in [2.75, 3.05) is 64.4 Å². The largest absolute Gasteiger partial charge is 0.453 e. The van der Waals surface area contributed by atoms with E-state index in [4.69, 9.17) is 4.74 Å². The zero-order chi connectivity index (χ0) is 39.4. The molecule has 4 fully saturated rings. The predicted octanol–water partition coefficient (Wildman–Crippen LogP) is 4.03. The molecule has 2 aromatic carbocycles.